The lowest BCUT2D eigenvalue weighted by Gasteiger charge is -2.17. The molecule has 1 aromatic heterocycles. The summed E-state index contributed by atoms with van der Waals surface area (Å²) >= 11 is 7.73. The predicted molar refractivity (Wildman–Crippen MR) is 94.9 cm³/mol. The number of nitrogens with one attached hydrogen (secondary N) is 1. The van der Waals surface area contributed by atoms with Gasteiger partial charge in [-0.1, -0.05) is 11.6 Å². The second-order valence-corrected chi connectivity index (χ2v) is 7.10. The molecular weight excluding hydrogens is 348 g/mol. The van der Waals surface area contributed by atoms with Gasteiger partial charge in [-0.3, -0.25) is 9.36 Å². The monoisotopic (exact) mass is 366 g/mol. The first-order valence-electron chi connectivity index (χ1n) is 7.76. The van der Waals surface area contributed by atoms with Crippen molar-refractivity contribution < 1.29 is 4.79 Å². The van der Waals surface area contributed by atoms with Crippen LogP contribution in [0, 0.1) is 0 Å². The highest BCUT2D eigenvalue weighted by Crippen LogP contribution is 2.23. The molecule has 8 heteroatoms. The molecule has 0 bridgehead atoms. The number of amides is 1. The number of hydrogen-bond acceptors (Lipinski definition) is 4. The summed E-state index contributed by atoms with van der Waals surface area (Å²) in [5.74, 6) is 0.606. The molecule has 1 atom stereocenters. The average molecular weight is 367 g/mol. The summed E-state index contributed by atoms with van der Waals surface area (Å²) in [5, 5.41) is 7.74. The third-order valence-electron chi connectivity index (χ3n) is 4.26. The van der Waals surface area contributed by atoms with Gasteiger partial charge in [-0.2, -0.15) is 5.10 Å². The Balaban J connectivity index is 1.71. The summed E-state index contributed by atoms with van der Waals surface area (Å²) in [6, 6.07) is 5.44. The number of aromatic nitrogens is 3. The van der Waals surface area contributed by atoms with Crippen LogP contribution < -0.4 is 11.0 Å². The van der Waals surface area contributed by atoms with E-state index in [-0.39, 0.29) is 17.6 Å². The van der Waals surface area contributed by atoms with Crippen molar-refractivity contribution in [3.63, 3.8) is 0 Å². The van der Waals surface area contributed by atoms with Gasteiger partial charge in [-0.05, 0) is 37.3 Å². The maximum Gasteiger partial charge on any atom is 0.345 e. The smallest absolute Gasteiger partial charge is 0.345 e. The molecule has 0 radical (unpaired) electrons. The van der Waals surface area contributed by atoms with Crippen LogP contribution in [0.15, 0.2) is 27.9 Å². The van der Waals surface area contributed by atoms with Crippen LogP contribution in [0.25, 0.3) is 0 Å². The van der Waals surface area contributed by atoms with Crippen LogP contribution in [0.1, 0.15) is 29.0 Å². The van der Waals surface area contributed by atoms with Gasteiger partial charge < -0.3 is 5.32 Å². The summed E-state index contributed by atoms with van der Waals surface area (Å²) in [7, 11) is 1.66. The Morgan fingerprint density at radius 1 is 1.42 bits per heavy atom. The molecule has 2 heterocycles. The van der Waals surface area contributed by atoms with E-state index in [1.54, 1.807) is 35.5 Å². The van der Waals surface area contributed by atoms with Crippen molar-refractivity contribution in [1.29, 1.82) is 0 Å². The molecule has 0 fully saturated rings. The summed E-state index contributed by atoms with van der Waals surface area (Å²) < 4.78 is 3.05. The standard InChI is InChI=1S/C16H19ClN4O2S/c1-20-16(23)21-8-7-10(3-6-14(21)19-20)18-15(22)12-9-11(24-2)4-5-13(12)17/h4-5,9-10H,3,6-8H2,1-2H3,(H,18,22). The topological polar surface area (TPSA) is 68.9 Å². The van der Waals surface area contributed by atoms with E-state index in [1.165, 1.54) is 4.68 Å². The number of fused-ring (bicyclic) bond motifs is 1. The predicted octanol–water partition coefficient (Wildman–Crippen LogP) is 2.09. The lowest BCUT2D eigenvalue weighted by Crippen LogP contribution is -2.36. The van der Waals surface area contributed by atoms with Crippen LogP contribution >= 0.6 is 23.4 Å². The van der Waals surface area contributed by atoms with Crippen molar-refractivity contribution >= 4 is 29.3 Å². The zero-order valence-electron chi connectivity index (χ0n) is 13.6. The second kappa shape index (κ2) is 7.03. The molecule has 1 amide bonds. The summed E-state index contributed by atoms with van der Waals surface area (Å²) in [6.07, 6.45) is 4.07. The van der Waals surface area contributed by atoms with E-state index in [1.807, 2.05) is 12.3 Å². The van der Waals surface area contributed by atoms with E-state index in [0.29, 0.717) is 30.0 Å². The van der Waals surface area contributed by atoms with E-state index >= 15 is 0 Å². The zero-order chi connectivity index (χ0) is 17.3. The van der Waals surface area contributed by atoms with Gasteiger partial charge in [0.2, 0.25) is 0 Å². The number of benzene rings is 1. The molecule has 1 unspecified atom stereocenters. The molecular formula is C16H19ClN4O2S. The molecule has 1 aromatic carbocycles. The van der Waals surface area contributed by atoms with E-state index < -0.39 is 0 Å². The molecule has 0 saturated heterocycles. The summed E-state index contributed by atoms with van der Waals surface area (Å²) in [6.45, 7) is 0.561. The minimum absolute atomic E-state index is 0.00194. The second-order valence-electron chi connectivity index (χ2n) is 5.82. The minimum Gasteiger partial charge on any atom is -0.349 e. The molecule has 3 rings (SSSR count). The lowest BCUT2D eigenvalue weighted by atomic mass is 10.1. The molecule has 0 saturated carbocycles. The van der Waals surface area contributed by atoms with Crippen molar-refractivity contribution in [2.45, 2.75) is 36.7 Å². The summed E-state index contributed by atoms with van der Waals surface area (Å²) in [4.78, 5) is 25.5. The van der Waals surface area contributed by atoms with E-state index in [2.05, 4.69) is 10.4 Å². The largest absolute Gasteiger partial charge is 0.349 e. The number of aryl methyl sites for hydroxylation is 2. The third-order valence-corrected chi connectivity index (χ3v) is 5.31. The molecule has 1 N–H and O–H groups in total. The van der Waals surface area contributed by atoms with Crippen LogP contribution in [-0.2, 0) is 20.0 Å². The number of halogens is 1. The molecule has 128 valence electrons. The lowest BCUT2D eigenvalue weighted by molar-refractivity contribution is 0.0933. The number of thioether (sulfide) groups is 1. The maximum atomic E-state index is 12.6. The average Bonchev–Trinajstić information content (AvgIpc) is 2.73. The van der Waals surface area contributed by atoms with Crippen LogP contribution in [0.2, 0.25) is 5.02 Å². The number of hydrogen-bond donors (Lipinski definition) is 1. The maximum absolute atomic E-state index is 12.6. The normalized spacial score (nSPS) is 17.2. The molecule has 24 heavy (non-hydrogen) atoms. The van der Waals surface area contributed by atoms with Crippen LogP contribution in [0.5, 0.6) is 0 Å². The van der Waals surface area contributed by atoms with Gasteiger partial charge in [0.1, 0.15) is 5.82 Å². The van der Waals surface area contributed by atoms with E-state index in [4.69, 9.17) is 11.6 Å². The number of carbonyl (C=O) groups is 1. The molecule has 0 spiro atoms. The first-order valence-corrected chi connectivity index (χ1v) is 9.37. The molecule has 1 aliphatic rings. The number of rotatable bonds is 3. The Hall–Kier alpha value is -1.73. The van der Waals surface area contributed by atoms with Crippen molar-refractivity contribution in [2.24, 2.45) is 7.05 Å². The van der Waals surface area contributed by atoms with Gasteiger partial charge in [0, 0.05) is 31.0 Å². The first-order chi connectivity index (χ1) is 11.5. The highest BCUT2D eigenvalue weighted by atomic mass is 35.5. The van der Waals surface area contributed by atoms with Crippen molar-refractivity contribution in [1.82, 2.24) is 19.7 Å². The Kier molecular flexibility index (Phi) is 5.01. The first kappa shape index (κ1) is 17.1. The highest BCUT2D eigenvalue weighted by Gasteiger charge is 2.22. The van der Waals surface area contributed by atoms with Gasteiger partial charge in [-0.25, -0.2) is 9.48 Å². The number of carbonyl (C=O) groups excluding carboxylic acids is 1. The van der Waals surface area contributed by atoms with Crippen LogP contribution in [-0.4, -0.2) is 32.6 Å². The Morgan fingerprint density at radius 3 is 2.96 bits per heavy atom. The van der Waals surface area contributed by atoms with Gasteiger partial charge >= 0.3 is 5.69 Å². The third kappa shape index (κ3) is 3.37. The quantitative estimate of drug-likeness (QED) is 0.844. The van der Waals surface area contributed by atoms with Gasteiger partial charge in [-0.15, -0.1) is 11.8 Å². The molecule has 1 aliphatic heterocycles. The summed E-state index contributed by atoms with van der Waals surface area (Å²) in [5.41, 5.74) is 0.383. The van der Waals surface area contributed by atoms with Gasteiger partial charge in [0.15, 0.2) is 0 Å². The highest BCUT2D eigenvalue weighted by molar-refractivity contribution is 7.98. The van der Waals surface area contributed by atoms with Crippen molar-refractivity contribution in [3.8, 4) is 0 Å². The Bertz CT molecular complexity index is 830. The minimum atomic E-state index is -0.173. The van der Waals surface area contributed by atoms with E-state index in [0.717, 1.165) is 17.1 Å². The number of nitrogens with zero attached hydrogens (tertiary/aromatic N) is 3. The van der Waals surface area contributed by atoms with Gasteiger partial charge in [0.25, 0.3) is 5.91 Å². The van der Waals surface area contributed by atoms with Gasteiger partial charge in [0.05, 0.1) is 10.6 Å². The molecule has 6 nitrogen and oxygen atoms in total. The Morgan fingerprint density at radius 2 is 2.21 bits per heavy atom. The van der Waals surface area contributed by atoms with Crippen LogP contribution in [0.4, 0.5) is 0 Å². The zero-order valence-corrected chi connectivity index (χ0v) is 15.2. The van der Waals surface area contributed by atoms with Crippen molar-refractivity contribution in [3.05, 3.63) is 45.1 Å². The SMILES string of the molecule is CSc1ccc(Cl)c(C(=O)NC2CCc3nn(C)c(=O)n3CC2)c1. The van der Waals surface area contributed by atoms with Crippen LogP contribution in [0.3, 0.4) is 0 Å². The molecule has 2 aromatic rings. The van der Waals surface area contributed by atoms with E-state index in [9.17, 15) is 9.59 Å². The van der Waals surface area contributed by atoms with Crippen molar-refractivity contribution in [2.75, 3.05) is 6.26 Å². The molecule has 0 aliphatic carbocycles. The fourth-order valence-corrected chi connectivity index (χ4v) is 3.55. The Labute approximate surface area is 149 Å². The fraction of sp³-hybridized carbons (Fsp3) is 0.438. The fourth-order valence-electron chi connectivity index (χ4n) is 2.91.